The van der Waals surface area contributed by atoms with E-state index in [-0.39, 0.29) is 5.91 Å². The minimum absolute atomic E-state index is 0.321. The van der Waals surface area contributed by atoms with Crippen LogP contribution in [-0.2, 0) is 9.63 Å². The number of nitrogens with one attached hydrogen (secondary N) is 1. The van der Waals surface area contributed by atoms with E-state index in [0.717, 1.165) is 11.3 Å². The predicted molar refractivity (Wildman–Crippen MR) is 83.5 cm³/mol. The molecule has 0 radical (unpaired) electrons. The highest BCUT2D eigenvalue weighted by atomic mass is 16.7. The zero-order valence-electron chi connectivity index (χ0n) is 13.1. The van der Waals surface area contributed by atoms with Gasteiger partial charge in [-0.05, 0) is 43.7 Å². The van der Waals surface area contributed by atoms with E-state index in [4.69, 9.17) is 14.1 Å². The lowest BCUT2D eigenvalue weighted by molar-refractivity contribution is -0.136. The van der Waals surface area contributed by atoms with Crippen molar-refractivity contribution in [1.29, 1.82) is 0 Å². The number of nitrogens with zero attached hydrogens (tertiary/aromatic N) is 2. The number of carbonyl (C=O) groups is 1. The quantitative estimate of drug-likeness (QED) is 0.937. The number of ether oxygens (including phenoxy) is 1. The van der Waals surface area contributed by atoms with E-state index >= 15 is 0 Å². The SMILES string of the molecule is COc1ccc(C2=NO[C@](C)(C(=O)Nc3cc(C)on3)C2)cc1. The highest BCUT2D eigenvalue weighted by Crippen LogP contribution is 2.28. The lowest BCUT2D eigenvalue weighted by atomic mass is 9.95. The molecule has 0 unspecified atom stereocenters. The number of methoxy groups -OCH3 is 1. The number of hydrogen-bond donors (Lipinski definition) is 1. The summed E-state index contributed by atoms with van der Waals surface area (Å²) in [5.41, 5.74) is 0.517. The van der Waals surface area contributed by atoms with Crippen LogP contribution in [-0.4, -0.2) is 29.5 Å². The molecule has 1 amide bonds. The van der Waals surface area contributed by atoms with Crippen molar-refractivity contribution in [2.45, 2.75) is 25.9 Å². The van der Waals surface area contributed by atoms with Crippen molar-refractivity contribution in [3.63, 3.8) is 0 Å². The van der Waals surface area contributed by atoms with Crippen LogP contribution in [0.4, 0.5) is 5.82 Å². The normalized spacial score (nSPS) is 19.9. The minimum Gasteiger partial charge on any atom is -0.497 e. The fourth-order valence-corrected chi connectivity index (χ4v) is 2.27. The van der Waals surface area contributed by atoms with Crippen LogP contribution in [0.1, 0.15) is 24.7 Å². The Morgan fingerprint density at radius 2 is 2.09 bits per heavy atom. The van der Waals surface area contributed by atoms with Gasteiger partial charge in [-0.2, -0.15) is 0 Å². The third-order valence-electron chi connectivity index (χ3n) is 3.64. The lowest BCUT2D eigenvalue weighted by Gasteiger charge is -2.19. The molecular formula is C16H17N3O4. The third-order valence-corrected chi connectivity index (χ3v) is 3.64. The first-order valence-electron chi connectivity index (χ1n) is 7.14. The fraction of sp³-hybridized carbons (Fsp3) is 0.312. The van der Waals surface area contributed by atoms with E-state index in [1.807, 2.05) is 24.3 Å². The molecule has 0 aliphatic carbocycles. The number of anilines is 1. The average molecular weight is 315 g/mol. The molecule has 3 rings (SSSR count). The maximum atomic E-state index is 12.4. The van der Waals surface area contributed by atoms with Crippen molar-refractivity contribution in [2.24, 2.45) is 5.16 Å². The summed E-state index contributed by atoms with van der Waals surface area (Å²) < 4.78 is 10.1. The maximum Gasteiger partial charge on any atom is 0.272 e. The zero-order valence-corrected chi connectivity index (χ0v) is 13.1. The number of carbonyl (C=O) groups excluding carboxylic acids is 1. The van der Waals surface area contributed by atoms with Crippen LogP contribution in [0.25, 0.3) is 0 Å². The summed E-state index contributed by atoms with van der Waals surface area (Å²) >= 11 is 0. The summed E-state index contributed by atoms with van der Waals surface area (Å²) in [5.74, 6) is 1.41. The van der Waals surface area contributed by atoms with Crippen molar-refractivity contribution in [3.05, 3.63) is 41.7 Å². The van der Waals surface area contributed by atoms with Gasteiger partial charge in [0.1, 0.15) is 11.5 Å². The van der Waals surface area contributed by atoms with E-state index in [1.54, 1.807) is 27.0 Å². The van der Waals surface area contributed by atoms with Gasteiger partial charge in [0.05, 0.1) is 12.8 Å². The van der Waals surface area contributed by atoms with Crippen LogP contribution < -0.4 is 10.1 Å². The molecule has 7 heteroatoms. The van der Waals surface area contributed by atoms with Gasteiger partial charge >= 0.3 is 0 Å². The van der Waals surface area contributed by atoms with Crippen LogP contribution in [0.5, 0.6) is 5.75 Å². The molecule has 1 N–H and O–H groups in total. The molecule has 120 valence electrons. The van der Waals surface area contributed by atoms with Gasteiger partial charge < -0.3 is 19.4 Å². The second-order valence-corrected chi connectivity index (χ2v) is 5.54. The highest BCUT2D eigenvalue weighted by molar-refractivity contribution is 6.07. The molecule has 0 bridgehead atoms. The maximum absolute atomic E-state index is 12.4. The molecule has 0 spiro atoms. The largest absolute Gasteiger partial charge is 0.497 e. The second kappa shape index (κ2) is 5.75. The summed E-state index contributed by atoms with van der Waals surface area (Å²) in [6.07, 6.45) is 0.363. The number of amides is 1. The first-order valence-corrected chi connectivity index (χ1v) is 7.14. The zero-order chi connectivity index (χ0) is 16.4. The fourth-order valence-electron chi connectivity index (χ4n) is 2.27. The van der Waals surface area contributed by atoms with Crippen LogP contribution in [0.2, 0.25) is 0 Å². The van der Waals surface area contributed by atoms with Crippen LogP contribution >= 0.6 is 0 Å². The topological polar surface area (TPSA) is 86.0 Å². The number of aryl methyl sites for hydroxylation is 1. The van der Waals surface area contributed by atoms with Crippen LogP contribution in [0.15, 0.2) is 40.0 Å². The van der Waals surface area contributed by atoms with Gasteiger partial charge in [-0.25, -0.2) is 0 Å². The van der Waals surface area contributed by atoms with Gasteiger partial charge in [-0.15, -0.1) is 0 Å². The molecule has 1 aromatic carbocycles. The number of hydrogen-bond acceptors (Lipinski definition) is 6. The molecule has 1 aliphatic heterocycles. The Bertz CT molecular complexity index is 751. The molecule has 7 nitrogen and oxygen atoms in total. The Balaban J connectivity index is 1.69. The molecule has 1 aliphatic rings. The first kappa shape index (κ1) is 15.1. The third kappa shape index (κ3) is 3.03. The smallest absolute Gasteiger partial charge is 0.272 e. The van der Waals surface area contributed by atoms with Crippen molar-refractivity contribution >= 4 is 17.4 Å². The molecule has 1 aromatic heterocycles. The second-order valence-electron chi connectivity index (χ2n) is 5.54. The monoisotopic (exact) mass is 315 g/mol. The lowest BCUT2D eigenvalue weighted by Crippen LogP contribution is -2.40. The van der Waals surface area contributed by atoms with Gasteiger partial charge in [0.2, 0.25) is 5.60 Å². The van der Waals surface area contributed by atoms with Gasteiger partial charge in [-0.1, -0.05) is 10.3 Å². The van der Waals surface area contributed by atoms with Crippen molar-refractivity contribution in [3.8, 4) is 5.75 Å². The summed E-state index contributed by atoms with van der Waals surface area (Å²) in [7, 11) is 1.61. The Labute approximate surface area is 133 Å². The van der Waals surface area contributed by atoms with E-state index in [2.05, 4.69) is 15.6 Å². The molecule has 0 saturated carbocycles. The van der Waals surface area contributed by atoms with Crippen LogP contribution in [0.3, 0.4) is 0 Å². The Morgan fingerprint density at radius 1 is 1.35 bits per heavy atom. The first-order chi connectivity index (χ1) is 11.0. The molecule has 0 fully saturated rings. The molecule has 23 heavy (non-hydrogen) atoms. The number of rotatable bonds is 4. The molecular weight excluding hydrogens is 298 g/mol. The number of benzene rings is 1. The summed E-state index contributed by atoms with van der Waals surface area (Å²) in [5, 5.41) is 10.5. The molecule has 2 heterocycles. The van der Waals surface area contributed by atoms with E-state index < -0.39 is 5.60 Å². The van der Waals surface area contributed by atoms with E-state index in [9.17, 15) is 4.79 Å². The molecule has 0 saturated heterocycles. The van der Waals surface area contributed by atoms with E-state index in [0.29, 0.717) is 23.7 Å². The average Bonchev–Trinajstić information content (AvgIpc) is 3.14. The van der Waals surface area contributed by atoms with E-state index in [1.165, 1.54) is 0 Å². The van der Waals surface area contributed by atoms with Crippen molar-refractivity contribution < 1.29 is 18.9 Å². The number of aromatic nitrogens is 1. The highest BCUT2D eigenvalue weighted by Gasteiger charge is 2.42. The molecule has 1 atom stereocenters. The Hall–Kier alpha value is -2.83. The van der Waals surface area contributed by atoms with Gasteiger partial charge in [0.25, 0.3) is 5.91 Å². The standard InChI is InChI=1S/C16H17N3O4/c1-10-8-14(19-22-10)17-15(20)16(2)9-13(18-23-16)11-4-6-12(21-3)7-5-11/h4-8H,9H2,1-3H3,(H,17,19,20)/t16-/m0/s1. The number of oxime groups is 1. The minimum atomic E-state index is -1.08. The van der Waals surface area contributed by atoms with Crippen LogP contribution in [0, 0.1) is 6.92 Å². The van der Waals surface area contributed by atoms with Gasteiger partial charge in [0.15, 0.2) is 5.82 Å². The predicted octanol–water partition coefficient (Wildman–Crippen LogP) is 2.51. The summed E-state index contributed by atoms with van der Waals surface area (Å²) in [6.45, 7) is 3.44. The van der Waals surface area contributed by atoms with Crippen molar-refractivity contribution in [2.75, 3.05) is 12.4 Å². The van der Waals surface area contributed by atoms with Crippen molar-refractivity contribution in [1.82, 2.24) is 5.16 Å². The summed E-state index contributed by atoms with van der Waals surface area (Å²) in [6, 6.07) is 9.08. The Morgan fingerprint density at radius 3 is 2.70 bits per heavy atom. The Kier molecular flexibility index (Phi) is 3.77. The molecule has 2 aromatic rings. The van der Waals surface area contributed by atoms with Gasteiger partial charge in [0, 0.05) is 12.5 Å². The van der Waals surface area contributed by atoms with Gasteiger partial charge in [-0.3, -0.25) is 4.79 Å². The summed E-state index contributed by atoms with van der Waals surface area (Å²) in [4.78, 5) is 17.8.